The molecule has 0 N–H and O–H groups in total. The molecule has 5 heteroatoms. The van der Waals surface area contributed by atoms with Crippen LogP contribution < -0.4 is 0 Å². The molecule has 0 aromatic heterocycles. The van der Waals surface area contributed by atoms with E-state index in [1.165, 1.54) is 0 Å². The zero-order valence-corrected chi connectivity index (χ0v) is 10.5. The van der Waals surface area contributed by atoms with E-state index in [4.69, 9.17) is 9.05 Å². The van der Waals surface area contributed by atoms with Crippen LogP contribution in [0.5, 0.6) is 0 Å². The molecule has 0 heterocycles. The van der Waals surface area contributed by atoms with E-state index in [2.05, 4.69) is 0 Å². The summed E-state index contributed by atoms with van der Waals surface area (Å²) in [5.41, 5.74) is 0. The third-order valence-electron chi connectivity index (χ3n) is 1.72. The first-order valence-electron chi connectivity index (χ1n) is 5.21. The van der Waals surface area contributed by atoms with Crippen LogP contribution in [0.4, 0.5) is 0 Å². The molecule has 0 spiro atoms. The van der Waals surface area contributed by atoms with Gasteiger partial charge in [0.05, 0.1) is 13.2 Å². The van der Waals surface area contributed by atoms with Gasteiger partial charge < -0.3 is 0 Å². The average Bonchev–Trinajstić information content (AvgIpc) is 2.15. The average molecular weight is 223 g/mol. The second kappa shape index (κ2) is 7.41. The largest absolute Gasteiger partial charge is 0.407 e. The summed E-state index contributed by atoms with van der Waals surface area (Å²) in [5, 5.41) is 0. The Bertz CT molecular complexity index is 187. The lowest BCUT2D eigenvalue weighted by Crippen LogP contribution is -2.19. The summed E-state index contributed by atoms with van der Waals surface area (Å²) in [4.78, 5) is 0. The lowest BCUT2D eigenvalue weighted by atomic mass is 10.5. The molecule has 0 aromatic carbocycles. The summed E-state index contributed by atoms with van der Waals surface area (Å²) in [6.45, 7) is 7.45. The van der Waals surface area contributed by atoms with Crippen molar-refractivity contribution in [3.63, 3.8) is 0 Å². The fraction of sp³-hybridized carbons (Fsp3) is 1.00. The Labute approximate surface area is 87.2 Å². The fourth-order valence-corrected chi connectivity index (χ4v) is 2.70. The van der Waals surface area contributed by atoms with Crippen molar-refractivity contribution in [1.82, 2.24) is 4.67 Å². The molecule has 1 unspecified atom stereocenters. The van der Waals surface area contributed by atoms with E-state index in [-0.39, 0.29) is 0 Å². The van der Waals surface area contributed by atoms with Gasteiger partial charge in [-0.3, -0.25) is 9.05 Å². The van der Waals surface area contributed by atoms with Crippen molar-refractivity contribution in [2.45, 2.75) is 33.6 Å². The second-order valence-electron chi connectivity index (χ2n) is 3.10. The second-order valence-corrected chi connectivity index (χ2v) is 5.24. The first-order chi connectivity index (χ1) is 6.60. The van der Waals surface area contributed by atoms with Crippen LogP contribution >= 0.6 is 7.75 Å². The van der Waals surface area contributed by atoms with Gasteiger partial charge in [-0.2, -0.15) is 0 Å². The summed E-state index contributed by atoms with van der Waals surface area (Å²) < 4.78 is 24.3. The van der Waals surface area contributed by atoms with Gasteiger partial charge >= 0.3 is 7.75 Å². The van der Waals surface area contributed by atoms with Gasteiger partial charge in [0.2, 0.25) is 0 Å². The SMILES string of the molecule is CCCOP(=O)(OCC)N(C)CCC. The maximum absolute atomic E-state index is 12.1. The first kappa shape index (κ1) is 14.1. The number of hydrogen-bond donors (Lipinski definition) is 0. The molecule has 0 radical (unpaired) electrons. The molecule has 0 aliphatic heterocycles. The maximum atomic E-state index is 12.1. The lowest BCUT2D eigenvalue weighted by molar-refractivity contribution is 0.170. The maximum Gasteiger partial charge on any atom is 0.407 e. The Morgan fingerprint density at radius 2 is 1.79 bits per heavy atom. The molecule has 0 aromatic rings. The van der Waals surface area contributed by atoms with Gasteiger partial charge in [0, 0.05) is 6.54 Å². The molecular formula is C9H22NO3P. The minimum Gasteiger partial charge on any atom is -0.297 e. The van der Waals surface area contributed by atoms with Crippen LogP contribution in [0, 0.1) is 0 Å². The van der Waals surface area contributed by atoms with Crippen molar-refractivity contribution < 1.29 is 13.6 Å². The third-order valence-corrected chi connectivity index (χ3v) is 3.85. The summed E-state index contributed by atoms with van der Waals surface area (Å²) in [6.07, 6.45) is 1.78. The summed E-state index contributed by atoms with van der Waals surface area (Å²) in [7, 11) is -1.24. The molecule has 14 heavy (non-hydrogen) atoms. The summed E-state index contributed by atoms with van der Waals surface area (Å²) in [5.74, 6) is 0. The van der Waals surface area contributed by atoms with Gasteiger partial charge in [-0.05, 0) is 26.8 Å². The van der Waals surface area contributed by atoms with Gasteiger partial charge in [-0.25, -0.2) is 9.24 Å². The molecule has 0 aliphatic carbocycles. The number of nitrogens with zero attached hydrogens (tertiary/aromatic N) is 1. The molecule has 0 fully saturated rings. The molecule has 0 rings (SSSR count). The first-order valence-corrected chi connectivity index (χ1v) is 6.71. The van der Waals surface area contributed by atoms with Gasteiger partial charge in [-0.15, -0.1) is 0 Å². The predicted molar refractivity (Wildman–Crippen MR) is 58.4 cm³/mol. The van der Waals surface area contributed by atoms with Crippen LogP contribution in [0.2, 0.25) is 0 Å². The number of hydrogen-bond acceptors (Lipinski definition) is 3. The molecule has 86 valence electrons. The van der Waals surface area contributed by atoms with Gasteiger partial charge in [0.15, 0.2) is 0 Å². The molecule has 4 nitrogen and oxygen atoms in total. The summed E-state index contributed by atoms with van der Waals surface area (Å²) >= 11 is 0. The molecule has 0 aliphatic rings. The molecule has 1 atom stereocenters. The van der Waals surface area contributed by atoms with Crippen LogP contribution in [0.15, 0.2) is 0 Å². The van der Waals surface area contributed by atoms with Crippen LogP contribution in [-0.4, -0.2) is 31.5 Å². The quantitative estimate of drug-likeness (QED) is 0.593. The van der Waals surface area contributed by atoms with Crippen molar-refractivity contribution in [3.05, 3.63) is 0 Å². The fourth-order valence-electron chi connectivity index (χ4n) is 1.05. The highest BCUT2D eigenvalue weighted by molar-refractivity contribution is 7.51. The standard InChI is InChI=1S/C9H22NO3P/c1-5-8-10(4)14(11,12-7-3)13-9-6-2/h5-9H2,1-4H3. The lowest BCUT2D eigenvalue weighted by Gasteiger charge is -2.25. The highest BCUT2D eigenvalue weighted by Gasteiger charge is 2.29. The molecule has 0 saturated carbocycles. The van der Waals surface area contributed by atoms with E-state index in [1.54, 1.807) is 11.7 Å². The monoisotopic (exact) mass is 223 g/mol. The topological polar surface area (TPSA) is 38.8 Å². The summed E-state index contributed by atoms with van der Waals surface area (Å²) in [6, 6.07) is 0. The molecule has 0 bridgehead atoms. The van der Waals surface area contributed by atoms with E-state index < -0.39 is 7.75 Å². The zero-order valence-electron chi connectivity index (χ0n) is 9.65. The third kappa shape index (κ3) is 4.56. The van der Waals surface area contributed by atoms with Crippen molar-refractivity contribution in [2.75, 3.05) is 26.8 Å². The van der Waals surface area contributed by atoms with E-state index in [0.29, 0.717) is 13.2 Å². The van der Waals surface area contributed by atoms with Crippen molar-refractivity contribution >= 4 is 7.75 Å². The minimum atomic E-state index is -3.01. The van der Waals surface area contributed by atoms with Gasteiger partial charge in [0.1, 0.15) is 0 Å². The highest BCUT2D eigenvalue weighted by Crippen LogP contribution is 2.50. The zero-order chi connectivity index (χ0) is 11.0. The Morgan fingerprint density at radius 3 is 2.21 bits per heavy atom. The van der Waals surface area contributed by atoms with E-state index >= 15 is 0 Å². The van der Waals surface area contributed by atoms with E-state index in [1.807, 2.05) is 20.8 Å². The highest BCUT2D eigenvalue weighted by atomic mass is 31.2. The molecule has 0 saturated heterocycles. The smallest absolute Gasteiger partial charge is 0.297 e. The van der Waals surface area contributed by atoms with Crippen LogP contribution in [0.1, 0.15) is 33.6 Å². The Balaban J connectivity index is 4.28. The Kier molecular flexibility index (Phi) is 7.47. The minimum absolute atomic E-state index is 0.412. The van der Waals surface area contributed by atoms with Crippen LogP contribution in [0.25, 0.3) is 0 Å². The van der Waals surface area contributed by atoms with Crippen LogP contribution in [-0.2, 0) is 13.6 Å². The molecule has 0 amide bonds. The van der Waals surface area contributed by atoms with Gasteiger partial charge in [-0.1, -0.05) is 13.8 Å². The van der Waals surface area contributed by atoms with E-state index in [9.17, 15) is 4.57 Å². The van der Waals surface area contributed by atoms with Crippen molar-refractivity contribution in [1.29, 1.82) is 0 Å². The van der Waals surface area contributed by atoms with Crippen molar-refractivity contribution in [2.24, 2.45) is 0 Å². The van der Waals surface area contributed by atoms with Crippen molar-refractivity contribution in [3.8, 4) is 0 Å². The Morgan fingerprint density at radius 1 is 1.14 bits per heavy atom. The van der Waals surface area contributed by atoms with E-state index in [0.717, 1.165) is 19.4 Å². The number of rotatable bonds is 8. The molecular weight excluding hydrogens is 201 g/mol. The predicted octanol–water partition coefficient (Wildman–Crippen LogP) is 2.90. The Hall–Kier alpha value is 0.110. The van der Waals surface area contributed by atoms with Crippen LogP contribution in [0.3, 0.4) is 0 Å². The van der Waals surface area contributed by atoms with Gasteiger partial charge in [0.25, 0.3) is 0 Å². The normalized spacial score (nSPS) is 15.8.